The zero-order valence-corrected chi connectivity index (χ0v) is 10.9. The third kappa shape index (κ3) is 2.74. The first-order chi connectivity index (χ1) is 9.54. The molecule has 0 radical (unpaired) electrons. The third-order valence-electron chi connectivity index (χ3n) is 3.20. The topological polar surface area (TPSA) is 17.1 Å². The van der Waals surface area contributed by atoms with Crippen LogP contribution in [0.1, 0.15) is 35.2 Å². The van der Waals surface area contributed by atoms with Crippen molar-refractivity contribution in [3.8, 4) is 0 Å². The van der Waals surface area contributed by atoms with Crippen LogP contribution in [-0.2, 0) is 0 Å². The van der Waals surface area contributed by atoms with Crippen molar-refractivity contribution < 1.29 is 18.0 Å². The minimum absolute atomic E-state index is 0.403. The summed E-state index contributed by atoms with van der Waals surface area (Å²) in [6, 6.07) is 9.88. The fourth-order valence-electron chi connectivity index (χ4n) is 2.16. The summed E-state index contributed by atoms with van der Waals surface area (Å²) < 4.78 is 39.8. The van der Waals surface area contributed by atoms with Gasteiger partial charge in [-0.3, -0.25) is 4.79 Å². The van der Waals surface area contributed by atoms with Crippen molar-refractivity contribution in [3.05, 3.63) is 71.0 Å². The number of ketones is 1. The maximum Gasteiger partial charge on any atom is 0.173 e. The second kappa shape index (κ2) is 5.90. The monoisotopic (exact) mass is 278 g/mol. The van der Waals surface area contributed by atoms with E-state index in [2.05, 4.69) is 0 Å². The Labute approximate surface area is 115 Å². The van der Waals surface area contributed by atoms with Crippen LogP contribution in [0.3, 0.4) is 0 Å². The van der Waals surface area contributed by atoms with Gasteiger partial charge in [-0.1, -0.05) is 37.3 Å². The standard InChI is InChI=1S/C16H13F3O/c1-2-11(10-6-4-3-5-7-10)16(20)12-8-14(18)15(19)9-13(12)17/h3-9,11H,2H2,1H3. The number of Topliss-reactive ketones (excluding diaryl/α,β-unsaturated/α-hetero) is 1. The predicted molar refractivity (Wildman–Crippen MR) is 70.1 cm³/mol. The van der Waals surface area contributed by atoms with Crippen LogP contribution in [0.5, 0.6) is 0 Å². The number of halogens is 3. The highest BCUT2D eigenvalue weighted by molar-refractivity contribution is 6.01. The summed E-state index contributed by atoms with van der Waals surface area (Å²) in [4.78, 5) is 12.3. The van der Waals surface area contributed by atoms with Gasteiger partial charge in [0.05, 0.1) is 5.56 Å². The highest BCUT2D eigenvalue weighted by atomic mass is 19.2. The molecule has 0 aromatic heterocycles. The molecule has 0 heterocycles. The van der Waals surface area contributed by atoms with Crippen molar-refractivity contribution in [2.45, 2.75) is 19.3 Å². The summed E-state index contributed by atoms with van der Waals surface area (Å²) in [7, 11) is 0. The molecule has 0 saturated carbocycles. The van der Waals surface area contributed by atoms with Gasteiger partial charge in [0.2, 0.25) is 0 Å². The second-order valence-electron chi connectivity index (χ2n) is 4.48. The molecule has 0 aliphatic carbocycles. The van der Waals surface area contributed by atoms with E-state index in [-0.39, 0.29) is 0 Å². The Morgan fingerprint density at radius 1 is 1.00 bits per heavy atom. The molecule has 4 heteroatoms. The highest BCUT2D eigenvalue weighted by Gasteiger charge is 2.24. The van der Waals surface area contributed by atoms with Gasteiger partial charge < -0.3 is 0 Å². The molecule has 20 heavy (non-hydrogen) atoms. The fraction of sp³-hybridized carbons (Fsp3) is 0.188. The van der Waals surface area contributed by atoms with Gasteiger partial charge in [0, 0.05) is 12.0 Å². The van der Waals surface area contributed by atoms with Crippen LogP contribution >= 0.6 is 0 Å². The number of carbonyl (C=O) groups excluding carboxylic acids is 1. The second-order valence-corrected chi connectivity index (χ2v) is 4.48. The molecule has 1 unspecified atom stereocenters. The van der Waals surface area contributed by atoms with E-state index in [1.807, 2.05) is 0 Å². The summed E-state index contributed by atoms with van der Waals surface area (Å²) in [6.07, 6.45) is 0.446. The molecular formula is C16H13F3O. The van der Waals surface area contributed by atoms with Crippen LogP contribution in [-0.4, -0.2) is 5.78 Å². The number of rotatable bonds is 4. The fourth-order valence-corrected chi connectivity index (χ4v) is 2.16. The van der Waals surface area contributed by atoms with Crippen molar-refractivity contribution in [2.75, 3.05) is 0 Å². The van der Waals surface area contributed by atoms with E-state index in [9.17, 15) is 18.0 Å². The lowest BCUT2D eigenvalue weighted by atomic mass is 9.88. The Bertz CT molecular complexity index is 623. The average molecular weight is 278 g/mol. The Kier molecular flexibility index (Phi) is 4.23. The molecular weight excluding hydrogens is 265 g/mol. The summed E-state index contributed by atoms with van der Waals surface area (Å²) in [6.45, 7) is 1.79. The first-order valence-corrected chi connectivity index (χ1v) is 6.28. The summed E-state index contributed by atoms with van der Waals surface area (Å²) >= 11 is 0. The van der Waals surface area contributed by atoms with Gasteiger partial charge in [0.25, 0.3) is 0 Å². The van der Waals surface area contributed by atoms with E-state index in [0.717, 1.165) is 5.56 Å². The lowest BCUT2D eigenvalue weighted by molar-refractivity contribution is 0.0952. The summed E-state index contributed by atoms with van der Waals surface area (Å²) in [5.41, 5.74) is 0.309. The molecule has 1 atom stereocenters. The summed E-state index contributed by atoms with van der Waals surface area (Å²) in [5, 5.41) is 0. The van der Waals surface area contributed by atoms with Crippen molar-refractivity contribution in [1.82, 2.24) is 0 Å². The minimum Gasteiger partial charge on any atom is -0.293 e. The molecule has 0 saturated heterocycles. The van der Waals surface area contributed by atoms with Crippen LogP contribution in [0, 0.1) is 17.5 Å². The Morgan fingerprint density at radius 3 is 2.20 bits per heavy atom. The van der Waals surface area contributed by atoms with Crippen molar-refractivity contribution in [2.24, 2.45) is 0 Å². The van der Waals surface area contributed by atoms with E-state index in [1.165, 1.54) is 0 Å². The number of benzene rings is 2. The smallest absolute Gasteiger partial charge is 0.173 e. The SMILES string of the molecule is CCC(C(=O)c1cc(F)c(F)cc1F)c1ccccc1. The Balaban J connectivity index is 2.42. The first-order valence-electron chi connectivity index (χ1n) is 6.28. The molecule has 1 nitrogen and oxygen atoms in total. The number of carbonyl (C=O) groups is 1. The van der Waals surface area contributed by atoms with Crippen molar-refractivity contribution in [3.63, 3.8) is 0 Å². The molecule has 2 rings (SSSR count). The van der Waals surface area contributed by atoms with E-state index in [0.29, 0.717) is 18.6 Å². The molecule has 0 fully saturated rings. The zero-order valence-electron chi connectivity index (χ0n) is 10.9. The maximum atomic E-state index is 13.7. The lowest BCUT2D eigenvalue weighted by Gasteiger charge is -2.14. The molecule has 104 valence electrons. The molecule has 0 N–H and O–H groups in total. The molecule has 2 aromatic rings. The number of hydrogen-bond acceptors (Lipinski definition) is 1. The van der Waals surface area contributed by atoms with E-state index >= 15 is 0 Å². The van der Waals surface area contributed by atoms with Crippen LogP contribution in [0.25, 0.3) is 0 Å². The molecule has 2 aromatic carbocycles. The van der Waals surface area contributed by atoms with Crippen LogP contribution < -0.4 is 0 Å². The number of hydrogen-bond donors (Lipinski definition) is 0. The van der Waals surface area contributed by atoms with Gasteiger partial charge in [-0.05, 0) is 18.1 Å². The van der Waals surface area contributed by atoms with Gasteiger partial charge in [-0.2, -0.15) is 0 Å². The lowest BCUT2D eigenvalue weighted by Crippen LogP contribution is -2.14. The quantitative estimate of drug-likeness (QED) is 0.595. The highest BCUT2D eigenvalue weighted by Crippen LogP contribution is 2.26. The van der Waals surface area contributed by atoms with Crippen molar-refractivity contribution >= 4 is 5.78 Å². The molecule has 0 bridgehead atoms. The molecule has 0 spiro atoms. The van der Waals surface area contributed by atoms with Gasteiger partial charge in [-0.25, -0.2) is 13.2 Å². The van der Waals surface area contributed by atoms with Gasteiger partial charge in [0.15, 0.2) is 17.4 Å². The Hall–Kier alpha value is -2.10. The van der Waals surface area contributed by atoms with Crippen LogP contribution in [0.2, 0.25) is 0 Å². The minimum atomic E-state index is -1.30. The van der Waals surface area contributed by atoms with Gasteiger partial charge >= 0.3 is 0 Å². The molecule has 0 aliphatic rings. The first kappa shape index (κ1) is 14.3. The van der Waals surface area contributed by atoms with E-state index < -0.39 is 34.7 Å². The Morgan fingerprint density at radius 2 is 1.60 bits per heavy atom. The normalized spacial score (nSPS) is 12.2. The van der Waals surface area contributed by atoms with E-state index in [4.69, 9.17) is 0 Å². The van der Waals surface area contributed by atoms with Crippen LogP contribution in [0.15, 0.2) is 42.5 Å². The average Bonchev–Trinajstić information content (AvgIpc) is 2.44. The molecule has 0 aliphatic heterocycles. The predicted octanol–water partition coefficient (Wildman–Crippen LogP) is 4.48. The van der Waals surface area contributed by atoms with Gasteiger partial charge in [-0.15, -0.1) is 0 Å². The maximum absolute atomic E-state index is 13.7. The zero-order chi connectivity index (χ0) is 14.7. The third-order valence-corrected chi connectivity index (χ3v) is 3.20. The molecule has 0 amide bonds. The van der Waals surface area contributed by atoms with E-state index in [1.54, 1.807) is 37.3 Å². The van der Waals surface area contributed by atoms with Crippen LogP contribution in [0.4, 0.5) is 13.2 Å². The summed E-state index contributed by atoms with van der Waals surface area (Å²) in [5.74, 6) is -4.68. The van der Waals surface area contributed by atoms with Gasteiger partial charge in [0.1, 0.15) is 5.82 Å². The largest absolute Gasteiger partial charge is 0.293 e. The van der Waals surface area contributed by atoms with Crippen molar-refractivity contribution in [1.29, 1.82) is 0 Å².